The summed E-state index contributed by atoms with van der Waals surface area (Å²) in [7, 11) is 1.90. The van der Waals surface area contributed by atoms with Gasteiger partial charge in [0.25, 0.3) is 0 Å². The molecular formula is C17H17ClN6O. The summed E-state index contributed by atoms with van der Waals surface area (Å²) in [5.74, 6) is 2.13. The molecule has 1 aromatic carbocycles. The molecule has 0 aliphatic rings. The summed E-state index contributed by atoms with van der Waals surface area (Å²) in [6, 6.07) is 5.79. The predicted octanol–water partition coefficient (Wildman–Crippen LogP) is 3.28. The molecule has 0 spiro atoms. The Morgan fingerprint density at radius 2 is 2.16 bits per heavy atom. The van der Waals surface area contributed by atoms with Gasteiger partial charge in [0.15, 0.2) is 11.6 Å². The number of nitrogens with zero attached hydrogens (tertiary/aromatic N) is 6. The topological polar surface area (TPSA) is 74.6 Å². The maximum atomic E-state index is 6.41. The van der Waals surface area contributed by atoms with Crippen molar-refractivity contribution in [1.82, 2.24) is 29.5 Å². The van der Waals surface area contributed by atoms with Gasteiger partial charge in [-0.05, 0) is 12.1 Å². The number of hydrogen-bond acceptors (Lipinski definition) is 5. The van der Waals surface area contributed by atoms with Gasteiger partial charge in [-0.15, -0.1) is 0 Å². The lowest BCUT2D eigenvalue weighted by Gasteiger charge is -2.05. The van der Waals surface area contributed by atoms with Gasteiger partial charge in [-0.25, -0.2) is 4.98 Å². The van der Waals surface area contributed by atoms with Gasteiger partial charge >= 0.3 is 0 Å². The zero-order valence-electron chi connectivity index (χ0n) is 14.0. The van der Waals surface area contributed by atoms with E-state index in [1.807, 2.05) is 47.6 Å². The molecule has 3 heterocycles. The number of rotatable bonds is 5. The van der Waals surface area contributed by atoms with E-state index in [-0.39, 0.29) is 0 Å². The average molecular weight is 357 g/mol. The van der Waals surface area contributed by atoms with E-state index < -0.39 is 0 Å². The zero-order chi connectivity index (χ0) is 17.4. The van der Waals surface area contributed by atoms with Crippen molar-refractivity contribution in [3.8, 4) is 11.5 Å². The van der Waals surface area contributed by atoms with Crippen LogP contribution in [0.5, 0.6) is 0 Å². The Kier molecular flexibility index (Phi) is 4.01. The molecule has 0 atom stereocenters. The minimum absolute atomic E-state index is 0.656. The predicted molar refractivity (Wildman–Crippen MR) is 94.3 cm³/mol. The Morgan fingerprint density at radius 3 is 2.96 bits per heavy atom. The lowest BCUT2D eigenvalue weighted by atomic mass is 10.2. The summed E-state index contributed by atoms with van der Waals surface area (Å²) in [4.78, 5) is 8.84. The fraction of sp³-hybridized carbons (Fsp3) is 0.294. The van der Waals surface area contributed by atoms with E-state index >= 15 is 0 Å². The lowest BCUT2D eigenvalue weighted by Crippen LogP contribution is -2.04. The second kappa shape index (κ2) is 6.33. The number of hydrogen-bond donors (Lipinski definition) is 0. The molecule has 7 nitrogen and oxygen atoms in total. The molecule has 0 fully saturated rings. The van der Waals surface area contributed by atoms with E-state index in [0.29, 0.717) is 29.7 Å². The maximum absolute atomic E-state index is 6.41. The first kappa shape index (κ1) is 15.8. The summed E-state index contributed by atoms with van der Waals surface area (Å²) < 4.78 is 9.01. The van der Waals surface area contributed by atoms with Crippen LogP contribution in [0.15, 0.2) is 35.1 Å². The van der Waals surface area contributed by atoms with Crippen molar-refractivity contribution in [2.24, 2.45) is 7.05 Å². The molecule has 4 rings (SSSR count). The minimum atomic E-state index is 0.656. The summed E-state index contributed by atoms with van der Waals surface area (Å²) >= 11 is 6.41. The van der Waals surface area contributed by atoms with Crippen LogP contribution < -0.4 is 0 Å². The van der Waals surface area contributed by atoms with E-state index in [9.17, 15) is 0 Å². The minimum Gasteiger partial charge on any atom is -0.339 e. The molecule has 0 bridgehead atoms. The van der Waals surface area contributed by atoms with Gasteiger partial charge in [0.1, 0.15) is 5.69 Å². The van der Waals surface area contributed by atoms with Crippen LogP contribution in [-0.4, -0.2) is 29.5 Å². The standard InChI is InChI=1S/C17H17ClN6O/c1-3-14-20-13(22-25-14)7-9-24-10-8-19-17(24)16-15-11(18)5-4-6-12(15)23(2)21-16/h4-6,8,10H,3,7,9H2,1-2H3. The van der Waals surface area contributed by atoms with E-state index in [2.05, 4.69) is 20.2 Å². The van der Waals surface area contributed by atoms with Crippen molar-refractivity contribution >= 4 is 22.5 Å². The van der Waals surface area contributed by atoms with Crippen LogP contribution in [0.4, 0.5) is 0 Å². The van der Waals surface area contributed by atoms with Crippen LogP contribution in [0, 0.1) is 0 Å². The van der Waals surface area contributed by atoms with Gasteiger partial charge in [-0.1, -0.05) is 29.7 Å². The normalized spacial score (nSPS) is 11.5. The first-order valence-corrected chi connectivity index (χ1v) is 8.49. The Labute approximate surface area is 149 Å². The average Bonchev–Trinajstić information content (AvgIpc) is 3.32. The van der Waals surface area contributed by atoms with Crippen molar-refractivity contribution in [3.63, 3.8) is 0 Å². The van der Waals surface area contributed by atoms with Gasteiger partial charge in [0.2, 0.25) is 5.89 Å². The summed E-state index contributed by atoms with van der Waals surface area (Å²) in [5.41, 5.74) is 1.75. The molecule has 0 aliphatic carbocycles. The molecule has 0 saturated carbocycles. The number of aryl methyl sites for hydroxylation is 4. The Morgan fingerprint density at radius 1 is 1.28 bits per heavy atom. The number of aromatic nitrogens is 6. The summed E-state index contributed by atoms with van der Waals surface area (Å²) in [6.07, 6.45) is 5.08. The van der Waals surface area contributed by atoms with Gasteiger partial charge in [0.05, 0.1) is 10.5 Å². The lowest BCUT2D eigenvalue weighted by molar-refractivity contribution is 0.375. The van der Waals surface area contributed by atoms with E-state index in [0.717, 1.165) is 28.8 Å². The Hall–Kier alpha value is -2.67. The first-order chi connectivity index (χ1) is 12.2. The Balaban J connectivity index is 1.68. The molecule has 128 valence electrons. The van der Waals surface area contributed by atoms with Crippen LogP contribution >= 0.6 is 11.6 Å². The molecule has 0 radical (unpaired) electrons. The number of imidazole rings is 1. The highest BCUT2D eigenvalue weighted by molar-refractivity contribution is 6.36. The third kappa shape index (κ3) is 2.80. The highest BCUT2D eigenvalue weighted by Gasteiger charge is 2.18. The molecule has 3 aromatic heterocycles. The third-order valence-corrected chi connectivity index (χ3v) is 4.46. The van der Waals surface area contributed by atoms with Crippen LogP contribution in [0.3, 0.4) is 0 Å². The number of benzene rings is 1. The second-order valence-electron chi connectivity index (χ2n) is 5.76. The van der Waals surface area contributed by atoms with E-state index in [1.165, 1.54) is 0 Å². The molecule has 0 aliphatic heterocycles. The van der Waals surface area contributed by atoms with Crippen molar-refractivity contribution in [2.75, 3.05) is 0 Å². The van der Waals surface area contributed by atoms with Crippen LogP contribution in [0.25, 0.3) is 22.4 Å². The first-order valence-electron chi connectivity index (χ1n) is 8.11. The SMILES string of the molecule is CCc1nc(CCn2ccnc2-c2nn(C)c3cccc(Cl)c23)no1. The fourth-order valence-corrected chi connectivity index (χ4v) is 3.15. The summed E-state index contributed by atoms with van der Waals surface area (Å²) in [6.45, 7) is 2.67. The molecule has 0 amide bonds. The smallest absolute Gasteiger partial charge is 0.226 e. The summed E-state index contributed by atoms with van der Waals surface area (Å²) in [5, 5.41) is 10.2. The quantitative estimate of drug-likeness (QED) is 0.548. The highest BCUT2D eigenvalue weighted by atomic mass is 35.5. The molecule has 0 unspecified atom stereocenters. The fourth-order valence-electron chi connectivity index (χ4n) is 2.89. The van der Waals surface area contributed by atoms with Gasteiger partial charge in [-0.3, -0.25) is 4.68 Å². The molecule has 0 N–H and O–H groups in total. The third-order valence-electron chi connectivity index (χ3n) is 4.14. The largest absolute Gasteiger partial charge is 0.339 e. The van der Waals surface area contributed by atoms with Gasteiger partial charge < -0.3 is 9.09 Å². The van der Waals surface area contributed by atoms with Crippen LogP contribution in [0.2, 0.25) is 5.02 Å². The molecule has 25 heavy (non-hydrogen) atoms. The van der Waals surface area contributed by atoms with Crippen LogP contribution in [-0.2, 0) is 26.4 Å². The van der Waals surface area contributed by atoms with Gasteiger partial charge in [0, 0.05) is 44.2 Å². The molecular weight excluding hydrogens is 340 g/mol. The van der Waals surface area contributed by atoms with E-state index in [1.54, 1.807) is 6.20 Å². The highest BCUT2D eigenvalue weighted by Crippen LogP contribution is 2.32. The number of halogens is 1. The molecule has 8 heteroatoms. The van der Waals surface area contributed by atoms with Crippen molar-refractivity contribution < 1.29 is 4.52 Å². The monoisotopic (exact) mass is 356 g/mol. The molecule has 0 saturated heterocycles. The van der Waals surface area contributed by atoms with Crippen LogP contribution in [0.1, 0.15) is 18.6 Å². The zero-order valence-corrected chi connectivity index (χ0v) is 14.7. The van der Waals surface area contributed by atoms with E-state index in [4.69, 9.17) is 16.1 Å². The Bertz CT molecular complexity index is 1030. The number of fused-ring (bicyclic) bond motifs is 1. The van der Waals surface area contributed by atoms with Crippen molar-refractivity contribution in [2.45, 2.75) is 26.3 Å². The second-order valence-corrected chi connectivity index (χ2v) is 6.17. The van der Waals surface area contributed by atoms with Crippen molar-refractivity contribution in [1.29, 1.82) is 0 Å². The maximum Gasteiger partial charge on any atom is 0.226 e. The van der Waals surface area contributed by atoms with Crippen molar-refractivity contribution in [3.05, 3.63) is 47.3 Å². The molecule has 4 aromatic rings. The van der Waals surface area contributed by atoms with Gasteiger partial charge in [-0.2, -0.15) is 10.1 Å².